The molecular formula is C38H52N2O2. The first-order chi connectivity index (χ1) is 20.5. The van der Waals surface area contributed by atoms with Crippen LogP contribution in [0, 0.1) is 5.92 Å². The summed E-state index contributed by atoms with van der Waals surface area (Å²) in [4.78, 5) is 10.7. The maximum atomic E-state index is 10.7. The van der Waals surface area contributed by atoms with E-state index in [1.165, 1.54) is 40.0 Å². The molecule has 0 saturated heterocycles. The Hall–Kier alpha value is -3.99. The lowest BCUT2D eigenvalue weighted by Crippen LogP contribution is -2.26. The first-order valence-electron chi connectivity index (χ1n) is 14.4. The van der Waals surface area contributed by atoms with Gasteiger partial charge in [-0.3, -0.25) is 0 Å². The molecule has 4 heteroatoms. The summed E-state index contributed by atoms with van der Waals surface area (Å²) in [5.41, 5.74) is 4.17. The van der Waals surface area contributed by atoms with Gasteiger partial charge in [0.2, 0.25) is 0 Å². The van der Waals surface area contributed by atoms with Gasteiger partial charge in [0, 0.05) is 18.2 Å². The molecule has 0 amide bonds. The molecule has 1 aliphatic rings. The fraction of sp³-hybridized carbons (Fsp3) is 0.289. The van der Waals surface area contributed by atoms with Crippen molar-refractivity contribution in [3.8, 4) is 0 Å². The highest BCUT2D eigenvalue weighted by atomic mass is 16.5. The minimum atomic E-state index is -0.262. The van der Waals surface area contributed by atoms with E-state index < -0.39 is 0 Å². The van der Waals surface area contributed by atoms with Gasteiger partial charge in [0.1, 0.15) is 0 Å². The Bertz CT molecular complexity index is 1220. The number of likely N-dealkylation sites (N-methyl/N-ethyl adjacent to an activating group) is 1. The van der Waals surface area contributed by atoms with Crippen molar-refractivity contribution in [2.45, 2.75) is 38.6 Å². The molecule has 2 unspecified atom stereocenters. The molecular weight excluding hydrogens is 516 g/mol. The second-order valence-corrected chi connectivity index (χ2v) is 9.38. The third-order valence-electron chi connectivity index (χ3n) is 6.69. The van der Waals surface area contributed by atoms with Gasteiger partial charge in [0.25, 0.3) is 0 Å². The number of ether oxygens (including phenoxy) is 1. The molecule has 4 rings (SSSR count). The monoisotopic (exact) mass is 568 g/mol. The van der Waals surface area contributed by atoms with Crippen LogP contribution in [-0.2, 0) is 21.5 Å². The SMILES string of the molecule is C=C.C=C.C=CCc1ccccc1C=C.CCCOC(=O)/C=C/CNC.CNC1(c2cccc3ccccc23)CC1C. The van der Waals surface area contributed by atoms with Gasteiger partial charge in [-0.15, -0.1) is 32.9 Å². The Morgan fingerprint density at radius 1 is 0.976 bits per heavy atom. The summed E-state index contributed by atoms with van der Waals surface area (Å²) < 4.78 is 4.78. The number of allylic oxidation sites excluding steroid dienone is 1. The average Bonchev–Trinajstić information content (AvgIpc) is 3.73. The predicted octanol–water partition coefficient (Wildman–Crippen LogP) is 8.67. The zero-order valence-electron chi connectivity index (χ0n) is 26.3. The zero-order valence-corrected chi connectivity index (χ0v) is 26.3. The van der Waals surface area contributed by atoms with E-state index in [-0.39, 0.29) is 11.5 Å². The van der Waals surface area contributed by atoms with Crippen molar-refractivity contribution in [2.24, 2.45) is 5.92 Å². The number of hydrogen-bond donors (Lipinski definition) is 2. The smallest absolute Gasteiger partial charge is 0.330 e. The molecule has 3 aromatic rings. The number of carbonyl (C=O) groups excluding carboxylic acids is 1. The molecule has 0 radical (unpaired) electrons. The second-order valence-electron chi connectivity index (χ2n) is 9.38. The lowest BCUT2D eigenvalue weighted by molar-refractivity contribution is -0.137. The summed E-state index contributed by atoms with van der Waals surface area (Å²) in [6, 6.07) is 23.5. The number of hydrogen-bond acceptors (Lipinski definition) is 4. The normalized spacial score (nSPS) is 16.0. The van der Waals surface area contributed by atoms with Crippen LogP contribution in [0.1, 0.15) is 43.4 Å². The van der Waals surface area contributed by atoms with Crippen molar-refractivity contribution in [1.82, 2.24) is 10.6 Å². The average molecular weight is 569 g/mol. The molecule has 1 aliphatic carbocycles. The molecule has 0 bridgehead atoms. The maximum absolute atomic E-state index is 10.7. The lowest BCUT2D eigenvalue weighted by atomic mass is 9.96. The molecule has 0 heterocycles. The van der Waals surface area contributed by atoms with E-state index in [4.69, 9.17) is 4.74 Å². The second kappa shape index (κ2) is 22.7. The van der Waals surface area contributed by atoms with Crippen LogP contribution in [0.3, 0.4) is 0 Å². The third kappa shape index (κ3) is 12.3. The van der Waals surface area contributed by atoms with E-state index in [2.05, 4.69) is 119 Å². The van der Waals surface area contributed by atoms with E-state index in [9.17, 15) is 4.79 Å². The fourth-order valence-corrected chi connectivity index (χ4v) is 4.50. The zero-order chi connectivity index (χ0) is 31.8. The predicted molar refractivity (Wildman–Crippen MR) is 186 cm³/mol. The molecule has 42 heavy (non-hydrogen) atoms. The van der Waals surface area contributed by atoms with Gasteiger partial charge in [-0.05, 0) is 66.7 Å². The Labute approximate surface area is 255 Å². The maximum Gasteiger partial charge on any atom is 0.330 e. The van der Waals surface area contributed by atoms with Gasteiger partial charge in [-0.2, -0.15) is 0 Å². The third-order valence-corrected chi connectivity index (χ3v) is 6.69. The largest absolute Gasteiger partial charge is 0.463 e. The molecule has 0 spiro atoms. The molecule has 1 saturated carbocycles. The molecule has 0 aliphatic heterocycles. The summed E-state index contributed by atoms with van der Waals surface area (Å²) in [6.07, 6.45) is 9.98. The Morgan fingerprint density at radius 2 is 1.60 bits per heavy atom. The highest BCUT2D eigenvalue weighted by molar-refractivity contribution is 5.87. The Kier molecular flexibility index (Phi) is 20.5. The van der Waals surface area contributed by atoms with E-state index in [1.54, 1.807) is 6.08 Å². The molecule has 2 N–H and O–H groups in total. The molecule has 3 aromatic carbocycles. The Morgan fingerprint density at radius 3 is 2.17 bits per heavy atom. The summed E-state index contributed by atoms with van der Waals surface area (Å²) in [5, 5.41) is 9.13. The van der Waals surface area contributed by atoms with E-state index >= 15 is 0 Å². The number of esters is 1. The van der Waals surface area contributed by atoms with Crippen molar-refractivity contribution < 1.29 is 9.53 Å². The first kappa shape index (κ1) is 38.0. The van der Waals surface area contributed by atoms with Crippen LogP contribution in [0.15, 0.2) is 124 Å². The minimum absolute atomic E-state index is 0.223. The van der Waals surface area contributed by atoms with Crippen molar-refractivity contribution >= 4 is 22.8 Å². The number of benzene rings is 3. The molecule has 0 aromatic heterocycles. The van der Waals surface area contributed by atoms with Crippen molar-refractivity contribution in [1.29, 1.82) is 0 Å². The number of carbonyl (C=O) groups is 1. The van der Waals surface area contributed by atoms with Crippen LogP contribution in [0.4, 0.5) is 0 Å². The van der Waals surface area contributed by atoms with Gasteiger partial charge < -0.3 is 15.4 Å². The highest BCUT2D eigenvalue weighted by Gasteiger charge is 2.51. The van der Waals surface area contributed by atoms with Crippen LogP contribution < -0.4 is 10.6 Å². The molecule has 2 atom stereocenters. The topological polar surface area (TPSA) is 50.4 Å². The summed E-state index contributed by atoms with van der Waals surface area (Å²) in [5.74, 6) is 0.477. The summed E-state index contributed by atoms with van der Waals surface area (Å²) >= 11 is 0. The molecule has 4 nitrogen and oxygen atoms in total. The van der Waals surface area contributed by atoms with Gasteiger partial charge in [-0.1, -0.05) is 105 Å². The first-order valence-corrected chi connectivity index (χ1v) is 14.4. The number of fused-ring (bicyclic) bond motifs is 1. The summed E-state index contributed by atoms with van der Waals surface area (Å²) in [6.45, 7) is 24.9. The van der Waals surface area contributed by atoms with E-state index in [0.717, 1.165) is 18.8 Å². The van der Waals surface area contributed by atoms with E-state index in [1.807, 2.05) is 38.3 Å². The van der Waals surface area contributed by atoms with Crippen LogP contribution in [0.25, 0.3) is 16.8 Å². The number of rotatable bonds is 10. The Balaban J connectivity index is 0.000000582. The van der Waals surface area contributed by atoms with Crippen molar-refractivity contribution in [2.75, 3.05) is 27.2 Å². The van der Waals surface area contributed by atoms with Crippen molar-refractivity contribution in [3.63, 3.8) is 0 Å². The van der Waals surface area contributed by atoms with Gasteiger partial charge in [-0.25, -0.2) is 4.79 Å². The van der Waals surface area contributed by atoms with Crippen LogP contribution >= 0.6 is 0 Å². The van der Waals surface area contributed by atoms with Gasteiger partial charge in [0.05, 0.1) is 6.61 Å². The fourth-order valence-electron chi connectivity index (χ4n) is 4.50. The molecule has 1 fully saturated rings. The van der Waals surface area contributed by atoms with Gasteiger partial charge >= 0.3 is 5.97 Å². The van der Waals surface area contributed by atoms with Crippen LogP contribution in [0.2, 0.25) is 0 Å². The highest BCUT2D eigenvalue weighted by Crippen LogP contribution is 2.52. The standard InChI is InChI=1S/C15H17N.C11H12.C8H15NO2.2C2H4/c1-11-10-15(11,16-2)14-9-5-7-12-6-3-4-8-13(12)14;1-3-7-11-9-6-5-8-10(11)4-2;1-3-7-11-8(10)5-4-6-9-2;2*1-2/h3-9,11,16H,10H2,1-2H3;3-6,8-9H,1-2,7H2;4-5,9H,3,6-7H2,1-2H3;2*1-2H2/b;;5-4+;;. The molecule has 226 valence electrons. The van der Waals surface area contributed by atoms with E-state index in [0.29, 0.717) is 13.2 Å². The minimum Gasteiger partial charge on any atom is -0.463 e. The summed E-state index contributed by atoms with van der Waals surface area (Å²) in [7, 11) is 3.90. The lowest BCUT2D eigenvalue weighted by Gasteiger charge is -2.18. The number of nitrogens with one attached hydrogen (secondary N) is 2. The van der Waals surface area contributed by atoms with Crippen molar-refractivity contribution in [3.05, 3.63) is 141 Å². The van der Waals surface area contributed by atoms with Crippen LogP contribution in [-0.4, -0.2) is 33.2 Å². The van der Waals surface area contributed by atoms with Crippen LogP contribution in [0.5, 0.6) is 0 Å². The van der Waals surface area contributed by atoms with Gasteiger partial charge in [0.15, 0.2) is 0 Å². The quantitative estimate of drug-likeness (QED) is 0.146.